The van der Waals surface area contributed by atoms with Crippen LogP contribution in [0, 0.1) is 5.92 Å². The lowest BCUT2D eigenvalue weighted by Crippen LogP contribution is -2.46. The van der Waals surface area contributed by atoms with Crippen molar-refractivity contribution < 1.29 is 13.5 Å². The van der Waals surface area contributed by atoms with Crippen molar-refractivity contribution in [3.63, 3.8) is 0 Å². The zero-order chi connectivity index (χ0) is 15.7. The normalized spacial score (nSPS) is 31.9. The summed E-state index contributed by atoms with van der Waals surface area (Å²) in [6.07, 6.45) is 9.81. The summed E-state index contributed by atoms with van der Waals surface area (Å²) in [5.74, 6) is 0.295. The average Bonchev–Trinajstić information content (AvgIpc) is 2.66. The van der Waals surface area contributed by atoms with Gasteiger partial charge in [-0.15, -0.1) is 0 Å². The van der Waals surface area contributed by atoms with Crippen molar-refractivity contribution in [2.24, 2.45) is 5.92 Å². The molecule has 2 aliphatic rings. The highest BCUT2D eigenvalue weighted by atomic mass is 32.2. The molecule has 0 aromatic heterocycles. The number of nitrogens with zero attached hydrogens (tertiary/aromatic N) is 1. The van der Waals surface area contributed by atoms with Crippen LogP contribution in [0.1, 0.15) is 46.5 Å². The largest absolute Gasteiger partial charge is 0.396 e. The van der Waals surface area contributed by atoms with Gasteiger partial charge in [0, 0.05) is 19.2 Å². The van der Waals surface area contributed by atoms with Gasteiger partial charge in [-0.05, 0) is 52.4 Å². The fourth-order valence-corrected chi connectivity index (χ4v) is 4.86. The van der Waals surface area contributed by atoms with Gasteiger partial charge in [0.15, 0.2) is 0 Å². The summed E-state index contributed by atoms with van der Waals surface area (Å²) >= 11 is 0. The van der Waals surface area contributed by atoms with E-state index in [0.717, 1.165) is 19.3 Å². The monoisotopic (exact) mass is 313 g/mol. The van der Waals surface area contributed by atoms with Crippen LogP contribution in [0.2, 0.25) is 0 Å². The molecule has 0 amide bonds. The van der Waals surface area contributed by atoms with Gasteiger partial charge in [-0.1, -0.05) is 23.8 Å². The van der Waals surface area contributed by atoms with Crippen LogP contribution >= 0.6 is 0 Å². The molecule has 1 saturated heterocycles. The highest BCUT2D eigenvalue weighted by Crippen LogP contribution is 2.39. The van der Waals surface area contributed by atoms with Crippen LogP contribution < -0.4 is 0 Å². The maximum absolute atomic E-state index is 12.9. The molecule has 0 aromatic carbocycles. The average molecular weight is 313 g/mol. The van der Waals surface area contributed by atoms with Gasteiger partial charge in [-0.25, -0.2) is 8.42 Å². The Balaban J connectivity index is 2.37. The van der Waals surface area contributed by atoms with E-state index < -0.39 is 14.8 Å². The summed E-state index contributed by atoms with van der Waals surface area (Å²) < 4.78 is 26.6. The van der Waals surface area contributed by atoms with Crippen molar-refractivity contribution in [3.05, 3.63) is 23.8 Å². The molecular weight excluding hydrogens is 286 g/mol. The fourth-order valence-electron chi connectivity index (χ4n) is 3.21. The predicted molar refractivity (Wildman–Crippen MR) is 85.4 cm³/mol. The molecule has 1 N–H and O–H groups in total. The second-order valence-electron chi connectivity index (χ2n) is 6.90. The molecule has 1 aliphatic carbocycles. The minimum Gasteiger partial charge on any atom is -0.396 e. The Morgan fingerprint density at radius 1 is 1.33 bits per heavy atom. The lowest BCUT2D eigenvalue weighted by molar-refractivity contribution is 0.254. The van der Waals surface area contributed by atoms with Gasteiger partial charge in [0.1, 0.15) is 0 Å². The third-order valence-corrected chi connectivity index (χ3v) is 7.00. The van der Waals surface area contributed by atoms with Crippen molar-refractivity contribution in [2.75, 3.05) is 13.2 Å². The SMILES string of the molecule is CC(C)(C)S(=O)(=O)N1C[C@@H]2CC/C=C\C/C=C\2[C@H]1CCO. The first-order chi connectivity index (χ1) is 9.79. The summed E-state index contributed by atoms with van der Waals surface area (Å²) in [7, 11) is -3.37. The van der Waals surface area contributed by atoms with Gasteiger partial charge < -0.3 is 5.11 Å². The predicted octanol–water partition coefficient (Wildman–Crippen LogP) is 2.46. The van der Waals surface area contributed by atoms with Crippen molar-refractivity contribution in [2.45, 2.75) is 57.2 Å². The smallest absolute Gasteiger partial charge is 0.219 e. The van der Waals surface area contributed by atoms with E-state index in [2.05, 4.69) is 18.2 Å². The minimum atomic E-state index is -3.37. The van der Waals surface area contributed by atoms with Crippen LogP contribution in [0.4, 0.5) is 0 Å². The Kier molecular flexibility index (Phi) is 4.96. The van der Waals surface area contributed by atoms with E-state index in [0.29, 0.717) is 18.9 Å². The zero-order valence-corrected chi connectivity index (χ0v) is 14.1. The van der Waals surface area contributed by atoms with Crippen LogP contribution in [-0.2, 0) is 10.0 Å². The highest BCUT2D eigenvalue weighted by molar-refractivity contribution is 7.90. The van der Waals surface area contributed by atoms with Gasteiger partial charge in [-0.3, -0.25) is 0 Å². The van der Waals surface area contributed by atoms with Gasteiger partial charge in [0.2, 0.25) is 10.0 Å². The maximum atomic E-state index is 12.9. The van der Waals surface area contributed by atoms with Crippen LogP contribution in [-0.4, -0.2) is 41.8 Å². The molecule has 0 aromatic rings. The van der Waals surface area contributed by atoms with Gasteiger partial charge in [0.25, 0.3) is 0 Å². The molecule has 0 unspecified atom stereocenters. The number of sulfonamides is 1. The third-order valence-electron chi connectivity index (χ3n) is 4.43. The van der Waals surface area contributed by atoms with Crippen LogP contribution in [0.3, 0.4) is 0 Å². The second kappa shape index (κ2) is 6.23. The van der Waals surface area contributed by atoms with E-state index in [1.807, 2.05) is 0 Å². The number of hydrogen-bond donors (Lipinski definition) is 1. The molecule has 2 atom stereocenters. The summed E-state index contributed by atoms with van der Waals surface area (Å²) in [6.45, 7) is 5.81. The summed E-state index contributed by atoms with van der Waals surface area (Å²) in [6, 6.07) is -0.171. The Hall–Kier alpha value is -0.650. The highest BCUT2D eigenvalue weighted by Gasteiger charge is 2.46. The minimum absolute atomic E-state index is 0.0146. The molecule has 0 bridgehead atoms. The van der Waals surface area contributed by atoms with Crippen molar-refractivity contribution in [3.8, 4) is 0 Å². The summed E-state index contributed by atoms with van der Waals surface area (Å²) in [5.41, 5.74) is 1.21. The number of aliphatic hydroxyl groups excluding tert-OH is 1. The molecule has 0 saturated carbocycles. The summed E-state index contributed by atoms with van der Waals surface area (Å²) in [5, 5.41) is 9.37. The first-order valence-corrected chi connectivity index (χ1v) is 9.20. The third kappa shape index (κ3) is 3.25. The Bertz CT molecular complexity index is 528. The standard InChI is InChI=1S/C16H27NO3S/c1-16(2,3)21(19,20)17-12-13-8-6-4-5-7-9-14(13)15(17)10-11-18/h4-5,9,13,15,18H,6-8,10-12H2,1-3H3/b5-4-,14-9+/t13-,15+/m0/s1. The molecule has 120 valence electrons. The number of hydrogen-bond acceptors (Lipinski definition) is 3. The number of fused-ring (bicyclic) bond motifs is 1. The van der Waals surface area contributed by atoms with E-state index in [1.54, 1.807) is 25.1 Å². The van der Waals surface area contributed by atoms with E-state index in [1.165, 1.54) is 5.57 Å². The van der Waals surface area contributed by atoms with Crippen LogP contribution in [0.5, 0.6) is 0 Å². The van der Waals surface area contributed by atoms with E-state index >= 15 is 0 Å². The molecule has 4 nitrogen and oxygen atoms in total. The second-order valence-corrected chi connectivity index (χ2v) is 9.54. The van der Waals surface area contributed by atoms with Crippen molar-refractivity contribution in [1.29, 1.82) is 0 Å². The molecule has 0 radical (unpaired) electrons. The summed E-state index contributed by atoms with van der Waals surface area (Å²) in [4.78, 5) is 0. The first kappa shape index (κ1) is 16.7. The number of aliphatic hydroxyl groups is 1. The molecular formula is C16H27NO3S. The number of rotatable bonds is 3. The Morgan fingerprint density at radius 2 is 2.05 bits per heavy atom. The molecule has 1 fully saturated rings. The van der Waals surface area contributed by atoms with Crippen LogP contribution in [0.15, 0.2) is 23.8 Å². The Labute approximate surface area is 128 Å². The van der Waals surface area contributed by atoms with Crippen molar-refractivity contribution in [1.82, 2.24) is 4.31 Å². The van der Waals surface area contributed by atoms with Crippen molar-refractivity contribution >= 4 is 10.0 Å². The molecule has 0 spiro atoms. The number of allylic oxidation sites excluding steroid dienone is 3. The van der Waals surface area contributed by atoms with E-state index in [-0.39, 0.29) is 12.6 Å². The van der Waals surface area contributed by atoms with Gasteiger partial charge >= 0.3 is 0 Å². The molecule has 21 heavy (non-hydrogen) atoms. The quantitative estimate of drug-likeness (QED) is 0.814. The van der Waals surface area contributed by atoms with E-state index in [4.69, 9.17) is 0 Å². The Morgan fingerprint density at radius 3 is 2.67 bits per heavy atom. The van der Waals surface area contributed by atoms with E-state index in [9.17, 15) is 13.5 Å². The maximum Gasteiger partial charge on any atom is 0.219 e. The molecule has 2 rings (SSSR count). The van der Waals surface area contributed by atoms with Gasteiger partial charge in [0.05, 0.1) is 4.75 Å². The lowest BCUT2D eigenvalue weighted by atomic mass is 9.90. The molecule has 1 aliphatic heterocycles. The lowest BCUT2D eigenvalue weighted by Gasteiger charge is -2.31. The molecule has 5 heteroatoms. The van der Waals surface area contributed by atoms with Gasteiger partial charge in [-0.2, -0.15) is 4.31 Å². The topological polar surface area (TPSA) is 57.6 Å². The molecule has 1 heterocycles. The first-order valence-electron chi connectivity index (χ1n) is 7.76. The fraction of sp³-hybridized carbons (Fsp3) is 0.750. The van der Waals surface area contributed by atoms with Crippen LogP contribution in [0.25, 0.3) is 0 Å². The zero-order valence-electron chi connectivity index (χ0n) is 13.2.